The van der Waals surface area contributed by atoms with Crippen molar-refractivity contribution in [2.24, 2.45) is 4.99 Å². The van der Waals surface area contributed by atoms with E-state index < -0.39 is 0 Å². The Labute approximate surface area is 303 Å². The first-order valence-electron chi connectivity index (χ1n) is 17.8. The van der Waals surface area contributed by atoms with Crippen LogP contribution in [0, 0.1) is 0 Å². The zero-order valence-corrected chi connectivity index (χ0v) is 29.2. The molecule has 4 heterocycles. The van der Waals surface area contributed by atoms with E-state index in [4.69, 9.17) is 13.8 Å². The maximum atomic E-state index is 6.49. The van der Waals surface area contributed by atoms with Gasteiger partial charge in [-0.25, -0.2) is 4.99 Å². The topological polar surface area (TPSA) is 62.7 Å². The van der Waals surface area contributed by atoms with Gasteiger partial charge in [-0.15, -0.1) is 11.3 Å². The molecule has 3 aromatic heterocycles. The van der Waals surface area contributed by atoms with Gasteiger partial charge in [0.15, 0.2) is 0 Å². The van der Waals surface area contributed by atoms with Gasteiger partial charge >= 0.3 is 0 Å². The Morgan fingerprint density at radius 1 is 0.673 bits per heavy atom. The Morgan fingerprint density at radius 2 is 1.42 bits per heavy atom. The second kappa shape index (κ2) is 11.3. The lowest BCUT2D eigenvalue weighted by molar-refractivity contribution is 0.409. The van der Waals surface area contributed by atoms with E-state index in [1.807, 2.05) is 29.5 Å². The van der Waals surface area contributed by atoms with Gasteiger partial charge in [0.1, 0.15) is 40.5 Å². The first-order chi connectivity index (χ1) is 25.6. The van der Waals surface area contributed by atoms with Crippen molar-refractivity contribution < 1.29 is 8.83 Å². The number of nitrogens with zero attached hydrogens (tertiary/aromatic N) is 1. The highest BCUT2D eigenvalue weighted by molar-refractivity contribution is 7.19. The summed E-state index contributed by atoms with van der Waals surface area (Å²) in [6.07, 6.45) is 5.27. The second-order valence-corrected chi connectivity index (χ2v) is 15.4. The van der Waals surface area contributed by atoms with Crippen LogP contribution in [0.25, 0.3) is 60.0 Å². The molecule has 11 rings (SSSR count). The number of allylic oxidation sites excluding steroid dienone is 1. The molecule has 6 heteroatoms. The maximum Gasteiger partial charge on any atom is 0.139 e. The van der Waals surface area contributed by atoms with Crippen molar-refractivity contribution >= 4 is 77.2 Å². The van der Waals surface area contributed by atoms with Gasteiger partial charge in [0.2, 0.25) is 0 Å². The molecular weight excluding hydrogens is 659 g/mol. The van der Waals surface area contributed by atoms with E-state index in [1.54, 1.807) is 0 Å². The van der Waals surface area contributed by atoms with Crippen LogP contribution in [0.2, 0.25) is 0 Å². The lowest BCUT2D eigenvalue weighted by Gasteiger charge is -2.32. The Kier molecular flexibility index (Phi) is 6.45. The maximum absolute atomic E-state index is 6.49. The number of thiophene rings is 1. The van der Waals surface area contributed by atoms with Crippen molar-refractivity contribution in [3.8, 4) is 0 Å². The van der Waals surface area contributed by atoms with Crippen LogP contribution in [0.4, 0.5) is 0 Å². The molecule has 9 aromatic rings. The number of para-hydroxylation sites is 3. The number of aliphatic imine (C=N–C) groups is 1. The van der Waals surface area contributed by atoms with Gasteiger partial charge in [0, 0.05) is 53.1 Å². The minimum absolute atomic E-state index is 0.121. The van der Waals surface area contributed by atoms with E-state index in [-0.39, 0.29) is 17.7 Å². The number of hydrogen-bond acceptors (Lipinski definition) is 6. The molecule has 0 saturated carbocycles. The minimum Gasteiger partial charge on any atom is -0.456 e. The molecule has 250 valence electrons. The highest BCUT2D eigenvalue weighted by atomic mass is 32.1. The van der Waals surface area contributed by atoms with Gasteiger partial charge in [-0.05, 0) is 65.6 Å². The lowest BCUT2D eigenvalue weighted by atomic mass is 9.74. The van der Waals surface area contributed by atoms with E-state index in [0.717, 1.165) is 62.1 Å². The summed E-state index contributed by atoms with van der Waals surface area (Å²) in [5, 5.41) is 13.3. The fourth-order valence-electron chi connectivity index (χ4n) is 8.28. The SMILES string of the molecule is CC1(c2cccc3c2oc2ccccc23)C=Cc2c(sc3ccc(C4N=C(c5ccc6oc7ccccc7c6c5)NC(c5ccccc5)N4)cc23)C1. The largest absolute Gasteiger partial charge is 0.456 e. The van der Waals surface area contributed by atoms with Gasteiger partial charge in [0.25, 0.3) is 0 Å². The molecule has 0 fully saturated rings. The van der Waals surface area contributed by atoms with E-state index in [9.17, 15) is 0 Å². The van der Waals surface area contributed by atoms with E-state index in [1.165, 1.54) is 36.9 Å². The summed E-state index contributed by atoms with van der Waals surface area (Å²) in [5.41, 5.74) is 9.37. The van der Waals surface area contributed by atoms with Gasteiger partial charge in [-0.3, -0.25) is 5.32 Å². The normalized spacial score (nSPS) is 20.1. The molecule has 2 N–H and O–H groups in total. The van der Waals surface area contributed by atoms with E-state index in [2.05, 4.69) is 145 Å². The van der Waals surface area contributed by atoms with Crippen molar-refractivity contribution in [1.29, 1.82) is 0 Å². The molecule has 0 bridgehead atoms. The zero-order chi connectivity index (χ0) is 34.4. The van der Waals surface area contributed by atoms with E-state index >= 15 is 0 Å². The fraction of sp³-hybridized carbons (Fsp3) is 0.109. The molecule has 6 aromatic carbocycles. The number of nitrogens with one attached hydrogen (secondary N) is 2. The number of rotatable bonds is 4. The minimum atomic E-state index is -0.248. The molecular formula is C46H33N3O2S. The van der Waals surface area contributed by atoms with Crippen LogP contribution in [-0.4, -0.2) is 5.84 Å². The summed E-state index contributed by atoms with van der Waals surface area (Å²) in [4.78, 5) is 6.72. The van der Waals surface area contributed by atoms with E-state index in [0.29, 0.717) is 0 Å². The van der Waals surface area contributed by atoms with Crippen molar-refractivity contribution in [2.75, 3.05) is 0 Å². The smallest absolute Gasteiger partial charge is 0.139 e. The van der Waals surface area contributed by atoms with Gasteiger partial charge in [-0.1, -0.05) is 110 Å². The van der Waals surface area contributed by atoms with Crippen molar-refractivity contribution in [2.45, 2.75) is 31.1 Å². The third-order valence-corrected chi connectivity index (χ3v) is 12.1. The predicted molar refractivity (Wildman–Crippen MR) is 214 cm³/mol. The van der Waals surface area contributed by atoms with Gasteiger partial charge in [-0.2, -0.15) is 0 Å². The highest BCUT2D eigenvalue weighted by Gasteiger charge is 2.33. The number of amidine groups is 1. The van der Waals surface area contributed by atoms with Crippen LogP contribution < -0.4 is 10.6 Å². The first-order valence-corrected chi connectivity index (χ1v) is 18.6. The molecule has 0 saturated heterocycles. The Bertz CT molecular complexity index is 2930. The lowest BCUT2D eigenvalue weighted by Crippen LogP contribution is -2.44. The Balaban J connectivity index is 0.985. The Hall–Kier alpha value is -5.95. The number of benzene rings is 6. The molecule has 1 aliphatic heterocycles. The van der Waals surface area contributed by atoms with Crippen LogP contribution in [0.5, 0.6) is 0 Å². The highest BCUT2D eigenvalue weighted by Crippen LogP contribution is 2.46. The second-order valence-electron chi connectivity index (χ2n) is 14.2. The van der Waals surface area contributed by atoms with Gasteiger partial charge < -0.3 is 14.2 Å². The average molecular weight is 692 g/mol. The number of hydrogen-bond donors (Lipinski definition) is 2. The molecule has 0 amide bonds. The first kappa shape index (κ1) is 29.7. The summed E-state index contributed by atoms with van der Waals surface area (Å²) in [6.45, 7) is 2.34. The molecule has 1 aliphatic carbocycles. The third-order valence-electron chi connectivity index (χ3n) is 11.0. The summed E-state index contributed by atoms with van der Waals surface area (Å²) < 4.78 is 13.9. The summed E-state index contributed by atoms with van der Waals surface area (Å²) in [6, 6.07) is 46.9. The molecule has 5 nitrogen and oxygen atoms in total. The predicted octanol–water partition coefficient (Wildman–Crippen LogP) is 11.6. The summed E-state index contributed by atoms with van der Waals surface area (Å²) in [5.74, 6) is 0.854. The summed E-state index contributed by atoms with van der Waals surface area (Å²) in [7, 11) is 0. The summed E-state index contributed by atoms with van der Waals surface area (Å²) >= 11 is 1.90. The van der Waals surface area contributed by atoms with Crippen LogP contribution in [0.1, 0.15) is 51.9 Å². The van der Waals surface area contributed by atoms with Crippen molar-refractivity contribution in [3.05, 3.63) is 172 Å². The van der Waals surface area contributed by atoms with Crippen molar-refractivity contribution in [3.63, 3.8) is 0 Å². The van der Waals surface area contributed by atoms with Crippen LogP contribution in [0.15, 0.2) is 153 Å². The number of fused-ring (bicyclic) bond motifs is 9. The van der Waals surface area contributed by atoms with Crippen molar-refractivity contribution in [1.82, 2.24) is 10.6 Å². The van der Waals surface area contributed by atoms with Gasteiger partial charge in [0.05, 0.1) is 0 Å². The third kappa shape index (κ3) is 4.61. The standard InChI is InChI=1S/C46H33N3O2S/c1-46(36-15-9-14-33-30-12-5-8-17-38(30)51-42(33)36)23-22-32-35-25-29(19-21-40(35)52-41(32)26-46)45-48-43(27-10-3-2-4-11-27)47-44(49-45)28-18-20-39-34(24-28)31-13-6-7-16-37(31)50-39/h2-25,43,45,48H,26H2,1H3,(H,47,49). The molecule has 2 aliphatic rings. The average Bonchev–Trinajstić information content (AvgIpc) is 3.88. The van der Waals surface area contributed by atoms with Crippen LogP contribution >= 0.6 is 11.3 Å². The Morgan fingerprint density at radius 3 is 2.29 bits per heavy atom. The quantitative estimate of drug-likeness (QED) is 0.193. The molecule has 0 spiro atoms. The monoisotopic (exact) mass is 691 g/mol. The fourth-order valence-corrected chi connectivity index (χ4v) is 9.62. The molecule has 3 atom stereocenters. The molecule has 0 radical (unpaired) electrons. The number of furan rings is 2. The van der Waals surface area contributed by atoms with Crippen LogP contribution in [-0.2, 0) is 11.8 Å². The molecule has 3 unspecified atom stereocenters. The van der Waals surface area contributed by atoms with Crippen LogP contribution in [0.3, 0.4) is 0 Å². The zero-order valence-electron chi connectivity index (χ0n) is 28.4. The molecule has 52 heavy (non-hydrogen) atoms.